The lowest BCUT2D eigenvalue weighted by molar-refractivity contribution is 0.0815. The highest BCUT2D eigenvalue weighted by atomic mass is 35.5. The van der Waals surface area contributed by atoms with Crippen LogP contribution in [0.15, 0.2) is 18.3 Å². The monoisotopic (exact) mass is 239 g/mol. The van der Waals surface area contributed by atoms with E-state index in [9.17, 15) is 5.11 Å². The molecule has 0 aliphatic carbocycles. The summed E-state index contributed by atoms with van der Waals surface area (Å²) in [5.74, 6) is 0.0102. The van der Waals surface area contributed by atoms with Gasteiger partial charge in [0.1, 0.15) is 5.60 Å². The summed E-state index contributed by atoms with van der Waals surface area (Å²) in [5, 5.41) is 10.3. The normalized spacial score (nSPS) is 11.7. The molecule has 0 fully saturated rings. The smallest absolute Gasteiger partial charge is 0.133 e. The van der Waals surface area contributed by atoms with Crippen LogP contribution in [0.5, 0.6) is 0 Å². The maximum Gasteiger partial charge on any atom is 0.133 e. The first-order chi connectivity index (χ1) is 6.12. The fraction of sp³-hybridized carbons (Fsp3) is 0.375. The molecule has 0 aliphatic heterocycles. The zero-order chi connectivity index (χ0) is 9.90. The number of aliphatic hydroxyl groups is 1. The molecule has 0 aromatic carbocycles. The van der Waals surface area contributed by atoms with Crippen LogP contribution in [0.1, 0.15) is 5.69 Å². The largest absolute Gasteiger partial charge is 0.381 e. The second-order valence-corrected chi connectivity index (χ2v) is 3.63. The molecule has 0 unspecified atom stereocenters. The van der Waals surface area contributed by atoms with E-state index in [4.69, 9.17) is 34.8 Å². The third-order valence-electron chi connectivity index (χ3n) is 1.65. The van der Waals surface area contributed by atoms with Gasteiger partial charge in [0, 0.05) is 6.20 Å². The van der Waals surface area contributed by atoms with Crippen molar-refractivity contribution in [3.63, 3.8) is 0 Å². The Labute approximate surface area is 91.4 Å². The van der Waals surface area contributed by atoms with Crippen molar-refractivity contribution < 1.29 is 5.11 Å². The lowest BCUT2D eigenvalue weighted by Crippen LogP contribution is -2.30. The molecule has 0 atom stereocenters. The third-order valence-corrected chi connectivity index (χ3v) is 2.75. The molecule has 1 aromatic rings. The Balaban J connectivity index is 2.99. The molecule has 0 saturated heterocycles. The number of aromatic nitrogens is 1. The van der Waals surface area contributed by atoms with Gasteiger partial charge in [-0.1, -0.05) is 11.6 Å². The topological polar surface area (TPSA) is 33.1 Å². The van der Waals surface area contributed by atoms with Crippen molar-refractivity contribution in [2.45, 2.75) is 5.60 Å². The molecule has 0 saturated carbocycles. The first-order valence-corrected chi connectivity index (χ1v) is 5.03. The molecule has 0 radical (unpaired) electrons. The molecule has 72 valence electrons. The molecule has 1 aromatic heterocycles. The predicted molar refractivity (Wildman–Crippen MR) is 54.6 cm³/mol. The van der Waals surface area contributed by atoms with Crippen LogP contribution in [0, 0.1) is 0 Å². The van der Waals surface area contributed by atoms with Gasteiger partial charge in [0.15, 0.2) is 0 Å². The molecule has 0 spiro atoms. The zero-order valence-corrected chi connectivity index (χ0v) is 8.94. The van der Waals surface area contributed by atoms with Gasteiger partial charge in [-0.3, -0.25) is 4.98 Å². The second-order valence-electron chi connectivity index (χ2n) is 2.66. The van der Waals surface area contributed by atoms with Crippen molar-refractivity contribution >= 4 is 34.8 Å². The lowest BCUT2D eigenvalue weighted by atomic mass is 10.0. The van der Waals surface area contributed by atoms with E-state index in [2.05, 4.69) is 4.98 Å². The second kappa shape index (κ2) is 4.47. The van der Waals surface area contributed by atoms with Crippen LogP contribution in [-0.2, 0) is 5.60 Å². The van der Waals surface area contributed by atoms with E-state index in [0.29, 0.717) is 10.7 Å². The number of nitrogens with zero attached hydrogens (tertiary/aromatic N) is 1. The summed E-state index contributed by atoms with van der Waals surface area (Å²) in [4.78, 5) is 3.94. The summed E-state index contributed by atoms with van der Waals surface area (Å²) in [7, 11) is 0. The Morgan fingerprint density at radius 3 is 2.31 bits per heavy atom. The number of hydrogen-bond donors (Lipinski definition) is 1. The predicted octanol–water partition coefficient (Wildman–Crippen LogP) is 2.40. The Kier molecular flexibility index (Phi) is 3.80. The molecule has 0 bridgehead atoms. The van der Waals surface area contributed by atoms with Crippen molar-refractivity contribution in [3.05, 3.63) is 29.0 Å². The van der Waals surface area contributed by atoms with E-state index in [1.165, 1.54) is 6.20 Å². The van der Waals surface area contributed by atoms with Gasteiger partial charge in [-0.05, 0) is 12.1 Å². The molecule has 1 N–H and O–H groups in total. The number of alkyl halides is 2. The van der Waals surface area contributed by atoms with Crippen molar-refractivity contribution in [2.24, 2.45) is 0 Å². The van der Waals surface area contributed by atoms with Crippen molar-refractivity contribution in [3.8, 4) is 0 Å². The van der Waals surface area contributed by atoms with Gasteiger partial charge in [0.25, 0.3) is 0 Å². The molecule has 0 aliphatic rings. The molecule has 13 heavy (non-hydrogen) atoms. The highest BCUT2D eigenvalue weighted by Gasteiger charge is 2.28. The van der Waals surface area contributed by atoms with E-state index in [0.717, 1.165) is 0 Å². The molecular formula is C8H8Cl3NO. The number of rotatable bonds is 3. The average Bonchev–Trinajstić information content (AvgIpc) is 2.18. The van der Waals surface area contributed by atoms with Crippen LogP contribution >= 0.6 is 34.8 Å². The summed E-state index contributed by atoms with van der Waals surface area (Å²) < 4.78 is 0. The Bertz CT molecular complexity index is 271. The maximum atomic E-state index is 9.82. The van der Waals surface area contributed by atoms with Gasteiger partial charge >= 0.3 is 0 Å². The van der Waals surface area contributed by atoms with E-state index < -0.39 is 5.60 Å². The summed E-state index contributed by atoms with van der Waals surface area (Å²) >= 11 is 16.8. The van der Waals surface area contributed by atoms with E-state index >= 15 is 0 Å². The highest BCUT2D eigenvalue weighted by Crippen LogP contribution is 2.23. The van der Waals surface area contributed by atoms with Crippen LogP contribution < -0.4 is 0 Å². The van der Waals surface area contributed by atoms with Gasteiger partial charge in [0.05, 0.1) is 22.5 Å². The molecular weight excluding hydrogens is 232 g/mol. The lowest BCUT2D eigenvalue weighted by Gasteiger charge is -2.21. The van der Waals surface area contributed by atoms with Crippen molar-refractivity contribution in [2.75, 3.05) is 11.8 Å². The minimum atomic E-state index is -1.27. The van der Waals surface area contributed by atoms with Crippen LogP contribution in [0.4, 0.5) is 0 Å². The van der Waals surface area contributed by atoms with Gasteiger partial charge in [-0.2, -0.15) is 0 Å². The van der Waals surface area contributed by atoms with Gasteiger partial charge in [-0.15, -0.1) is 23.2 Å². The fourth-order valence-electron chi connectivity index (χ4n) is 0.824. The third kappa shape index (κ3) is 2.47. The maximum absolute atomic E-state index is 9.82. The van der Waals surface area contributed by atoms with Crippen LogP contribution in [0.2, 0.25) is 5.02 Å². The summed E-state index contributed by atoms with van der Waals surface area (Å²) in [6.45, 7) is 0. The van der Waals surface area contributed by atoms with Gasteiger partial charge < -0.3 is 5.11 Å². The van der Waals surface area contributed by atoms with Gasteiger partial charge in [-0.25, -0.2) is 0 Å². The quantitative estimate of drug-likeness (QED) is 0.823. The zero-order valence-electron chi connectivity index (χ0n) is 6.67. The van der Waals surface area contributed by atoms with Crippen molar-refractivity contribution in [1.82, 2.24) is 4.98 Å². The standard InChI is InChI=1S/C8H8Cl3NO/c9-4-8(13,5-10)7-2-1-6(11)3-12-7/h1-3,13H,4-5H2. The van der Waals surface area contributed by atoms with Crippen LogP contribution in [-0.4, -0.2) is 21.9 Å². The summed E-state index contributed by atoms with van der Waals surface area (Å²) in [6.07, 6.45) is 1.45. The number of hydrogen-bond acceptors (Lipinski definition) is 2. The Morgan fingerprint density at radius 2 is 1.92 bits per heavy atom. The van der Waals surface area contributed by atoms with Crippen LogP contribution in [0.3, 0.4) is 0 Å². The Morgan fingerprint density at radius 1 is 1.31 bits per heavy atom. The SMILES string of the molecule is OC(CCl)(CCl)c1ccc(Cl)cn1. The molecule has 1 heterocycles. The summed E-state index contributed by atoms with van der Waals surface area (Å²) in [5.41, 5.74) is -0.838. The van der Waals surface area contributed by atoms with Crippen molar-refractivity contribution in [1.29, 1.82) is 0 Å². The fourth-order valence-corrected chi connectivity index (χ4v) is 1.50. The molecule has 1 rings (SSSR count). The molecule has 5 heteroatoms. The average molecular weight is 241 g/mol. The first-order valence-electron chi connectivity index (χ1n) is 3.59. The van der Waals surface area contributed by atoms with E-state index in [1.807, 2.05) is 0 Å². The van der Waals surface area contributed by atoms with Gasteiger partial charge in [0.2, 0.25) is 0 Å². The molecule has 0 amide bonds. The number of pyridine rings is 1. The first kappa shape index (κ1) is 11.1. The van der Waals surface area contributed by atoms with E-state index in [1.54, 1.807) is 12.1 Å². The Hall–Kier alpha value is -0.0200. The minimum absolute atomic E-state index is 0.00509. The summed E-state index contributed by atoms with van der Waals surface area (Å²) in [6, 6.07) is 3.24. The molecule has 2 nitrogen and oxygen atoms in total. The van der Waals surface area contributed by atoms with E-state index in [-0.39, 0.29) is 11.8 Å². The highest BCUT2D eigenvalue weighted by molar-refractivity contribution is 6.30. The van der Waals surface area contributed by atoms with Crippen LogP contribution in [0.25, 0.3) is 0 Å². The minimum Gasteiger partial charge on any atom is -0.381 e. The number of halogens is 3.